The first kappa shape index (κ1) is 14.0. The average molecular weight is 300 g/mol. The lowest BCUT2D eigenvalue weighted by atomic mass is 10.1. The first-order valence-corrected chi connectivity index (χ1v) is 6.89. The molecule has 0 radical (unpaired) electrons. The van der Waals surface area contributed by atoms with Gasteiger partial charge in [0.15, 0.2) is 0 Å². The summed E-state index contributed by atoms with van der Waals surface area (Å²) in [5.74, 6) is 0.436. The van der Waals surface area contributed by atoms with Crippen LogP contribution in [-0.4, -0.2) is 22.9 Å². The molecule has 0 bridgehead atoms. The first-order chi connectivity index (χ1) is 8.15. The molecule has 17 heavy (non-hydrogen) atoms. The number of amides is 1. The van der Waals surface area contributed by atoms with Gasteiger partial charge in [0.05, 0.1) is 5.56 Å². The van der Waals surface area contributed by atoms with E-state index in [1.807, 2.05) is 0 Å². The van der Waals surface area contributed by atoms with Crippen LogP contribution in [0.3, 0.4) is 0 Å². The molecule has 1 amide bonds. The van der Waals surface area contributed by atoms with Gasteiger partial charge in [0, 0.05) is 11.9 Å². The Morgan fingerprint density at radius 3 is 2.82 bits per heavy atom. The number of aromatic hydroxyl groups is 1. The zero-order chi connectivity index (χ0) is 12.7. The van der Waals surface area contributed by atoms with Crippen LogP contribution in [0.15, 0.2) is 24.3 Å². The maximum atomic E-state index is 11.7. The number of para-hydroxylation sites is 1. The molecule has 0 spiro atoms. The maximum absolute atomic E-state index is 11.7. The Hall–Kier alpha value is -1.03. The van der Waals surface area contributed by atoms with Gasteiger partial charge in [0.1, 0.15) is 5.75 Å². The fourth-order valence-corrected chi connectivity index (χ4v) is 1.81. The second-order valence-corrected chi connectivity index (χ2v) is 4.82. The van der Waals surface area contributed by atoms with Gasteiger partial charge in [-0.25, -0.2) is 0 Å². The minimum Gasteiger partial charge on any atom is -0.507 e. The van der Waals surface area contributed by atoms with Gasteiger partial charge >= 0.3 is 0 Å². The second-order valence-electron chi connectivity index (χ2n) is 4.17. The number of hydrogen-bond acceptors (Lipinski definition) is 2. The summed E-state index contributed by atoms with van der Waals surface area (Å²) in [7, 11) is 0. The van der Waals surface area contributed by atoms with E-state index >= 15 is 0 Å². The standard InChI is InChI=1S/C13H18BrNO2/c1-10(9-14)5-4-8-15-13(17)11-6-2-3-7-12(11)16/h2-3,6-7,10,16H,4-5,8-9H2,1H3,(H,15,17). The third-order valence-corrected chi connectivity index (χ3v) is 3.68. The van der Waals surface area contributed by atoms with E-state index in [4.69, 9.17) is 0 Å². The van der Waals surface area contributed by atoms with Crippen LogP contribution in [0.4, 0.5) is 0 Å². The van der Waals surface area contributed by atoms with Crippen LogP contribution in [0.5, 0.6) is 5.75 Å². The van der Waals surface area contributed by atoms with Gasteiger partial charge in [-0.2, -0.15) is 0 Å². The minimum absolute atomic E-state index is 0.0267. The molecule has 0 aliphatic carbocycles. The maximum Gasteiger partial charge on any atom is 0.255 e. The topological polar surface area (TPSA) is 49.3 Å². The zero-order valence-electron chi connectivity index (χ0n) is 9.95. The van der Waals surface area contributed by atoms with Crippen molar-refractivity contribution >= 4 is 21.8 Å². The van der Waals surface area contributed by atoms with E-state index in [2.05, 4.69) is 28.2 Å². The molecule has 3 nitrogen and oxygen atoms in total. The number of nitrogens with one attached hydrogen (secondary N) is 1. The number of alkyl halides is 1. The Kier molecular flexibility index (Phi) is 6.05. The fraction of sp³-hybridized carbons (Fsp3) is 0.462. The molecule has 1 aromatic carbocycles. The van der Waals surface area contributed by atoms with Crippen molar-refractivity contribution in [3.63, 3.8) is 0 Å². The summed E-state index contributed by atoms with van der Waals surface area (Å²) in [4.78, 5) is 11.7. The Balaban J connectivity index is 2.33. The van der Waals surface area contributed by atoms with Crippen LogP contribution in [0.25, 0.3) is 0 Å². The number of carbonyl (C=O) groups is 1. The summed E-state index contributed by atoms with van der Waals surface area (Å²) in [5, 5.41) is 13.3. The summed E-state index contributed by atoms with van der Waals surface area (Å²) in [6, 6.07) is 6.57. The summed E-state index contributed by atoms with van der Waals surface area (Å²) in [6.45, 7) is 2.81. The number of halogens is 1. The van der Waals surface area contributed by atoms with Crippen molar-refractivity contribution in [2.75, 3.05) is 11.9 Å². The van der Waals surface area contributed by atoms with Gasteiger partial charge in [0.2, 0.25) is 0 Å². The minimum atomic E-state index is -0.213. The van der Waals surface area contributed by atoms with Crippen LogP contribution in [0.1, 0.15) is 30.1 Å². The summed E-state index contributed by atoms with van der Waals surface area (Å²) >= 11 is 3.42. The SMILES string of the molecule is CC(CBr)CCCNC(=O)c1ccccc1O. The van der Waals surface area contributed by atoms with E-state index in [1.54, 1.807) is 18.2 Å². The molecule has 0 saturated carbocycles. The largest absolute Gasteiger partial charge is 0.507 e. The highest BCUT2D eigenvalue weighted by Gasteiger charge is 2.09. The third-order valence-electron chi connectivity index (χ3n) is 2.57. The average Bonchev–Trinajstić information content (AvgIpc) is 2.34. The molecular weight excluding hydrogens is 282 g/mol. The molecule has 0 aliphatic rings. The Labute approximate surface area is 110 Å². The highest BCUT2D eigenvalue weighted by Crippen LogP contribution is 2.15. The summed E-state index contributed by atoms with van der Waals surface area (Å²) < 4.78 is 0. The molecule has 0 fully saturated rings. The number of rotatable bonds is 6. The monoisotopic (exact) mass is 299 g/mol. The predicted molar refractivity (Wildman–Crippen MR) is 72.6 cm³/mol. The normalized spacial score (nSPS) is 12.1. The van der Waals surface area contributed by atoms with Gasteiger partial charge in [-0.05, 0) is 30.9 Å². The van der Waals surface area contributed by atoms with Gasteiger partial charge in [-0.1, -0.05) is 35.0 Å². The lowest BCUT2D eigenvalue weighted by Gasteiger charge is -2.09. The number of carbonyl (C=O) groups excluding carboxylic acids is 1. The van der Waals surface area contributed by atoms with E-state index in [0.717, 1.165) is 18.2 Å². The Morgan fingerprint density at radius 1 is 1.47 bits per heavy atom. The zero-order valence-corrected chi connectivity index (χ0v) is 11.5. The molecule has 0 aromatic heterocycles. The molecule has 0 heterocycles. The van der Waals surface area contributed by atoms with E-state index in [-0.39, 0.29) is 11.7 Å². The number of phenols is 1. The van der Waals surface area contributed by atoms with Gasteiger partial charge < -0.3 is 10.4 Å². The Morgan fingerprint density at radius 2 is 2.18 bits per heavy atom. The van der Waals surface area contributed by atoms with Crippen LogP contribution in [-0.2, 0) is 0 Å². The van der Waals surface area contributed by atoms with Crippen LogP contribution >= 0.6 is 15.9 Å². The van der Waals surface area contributed by atoms with Crippen molar-refractivity contribution in [3.8, 4) is 5.75 Å². The molecule has 1 rings (SSSR count). The van der Waals surface area contributed by atoms with Crippen molar-refractivity contribution < 1.29 is 9.90 Å². The van der Waals surface area contributed by atoms with E-state index < -0.39 is 0 Å². The Bertz CT molecular complexity index is 368. The lowest BCUT2D eigenvalue weighted by molar-refractivity contribution is 0.0950. The molecule has 0 aliphatic heterocycles. The molecule has 1 unspecified atom stereocenters. The summed E-state index contributed by atoms with van der Waals surface area (Å²) in [6.07, 6.45) is 2.03. The van der Waals surface area contributed by atoms with Gasteiger partial charge in [0.25, 0.3) is 5.91 Å². The third kappa shape index (κ3) is 4.77. The van der Waals surface area contributed by atoms with Crippen LogP contribution in [0.2, 0.25) is 0 Å². The highest BCUT2D eigenvalue weighted by atomic mass is 79.9. The molecule has 1 atom stereocenters. The molecule has 0 saturated heterocycles. The number of phenolic OH excluding ortho intramolecular Hbond substituents is 1. The smallest absolute Gasteiger partial charge is 0.255 e. The van der Waals surface area contributed by atoms with Crippen molar-refractivity contribution in [2.45, 2.75) is 19.8 Å². The number of benzene rings is 1. The number of hydrogen-bond donors (Lipinski definition) is 2. The van der Waals surface area contributed by atoms with Crippen molar-refractivity contribution in [1.82, 2.24) is 5.32 Å². The van der Waals surface area contributed by atoms with E-state index in [1.165, 1.54) is 6.07 Å². The highest BCUT2D eigenvalue weighted by molar-refractivity contribution is 9.09. The van der Waals surface area contributed by atoms with E-state index in [9.17, 15) is 9.90 Å². The second kappa shape index (κ2) is 7.33. The van der Waals surface area contributed by atoms with Crippen molar-refractivity contribution in [1.29, 1.82) is 0 Å². The molecule has 1 aromatic rings. The van der Waals surface area contributed by atoms with Gasteiger partial charge in [-0.3, -0.25) is 4.79 Å². The van der Waals surface area contributed by atoms with Crippen molar-refractivity contribution in [3.05, 3.63) is 29.8 Å². The molecule has 94 valence electrons. The predicted octanol–water partition coefficient (Wildman–Crippen LogP) is 2.93. The summed E-state index contributed by atoms with van der Waals surface area (Å²) in [5.41, 5.74) is 0.334. The molecule has 4 heteroatoms. The van der Waals surface area contributed by atoms with E-state index in [0.29, 0.717) is 18.0 Å². The molecular formula is C13H18BrNO2. The van der Waals surface area contributed by atoms with Crippen molar-refractivity contribution in [2.24, 2.45) is 5.92 Å². The van der Waals surface area contributed by atoms with Crippen LogP contribution < -0.4 is 5.32 Å². The van der Waals surface area contributed by atoms with Crippen LogP contribution in [0, 0.1) is 5.92 Å². The fourth-order valence-electron chi connectivity index (χ4n) is 1.49. The lowest BCUT2D eigenvalue weighted by Crippen LogP contribution is -2.24. The first-order valence-electron chi connectivity index (χ1n) is 5.77. The van der Waals surface area contributed by atoms with Gasteiger partial charge in [-0.15, -0.1) is 0 Å². The quantitative estimate of drug-likeness (QED) is 0.627. The molecule has 2 N–H and O–H groups in total.